The Hall–Kier alpha value is 7.74. The number of rotatable bonds is 5. The van der Waals surface area contributed by atoms with Gasteiger partial charge in [0.25, 0.3) is 46.9 Å². The Morgan fingerprint density at radius 1 is 0.595 bits per heavy atom. The summed E-state index contributed by atoms with van der Waals surface area (Å²) < 4.78 is 108. The van der Waals surface area contributed by atoms with E-state index in [4.69, 9.17) is 4.89 Å². The van der Waals surface area contributed by atoms with Crippen LogP contribution in [-0.2, 0) is 67.7 Å². The van der Waals surface area contributed by atoms with Crippen molar-refractivity contribution in [2.75, 3.05) is 7.11 Å². The monoisotopic (exact) mass is 793 g/mol. The van der Waals surface area contributed by atoms with E-state index in [-0.39, 0.29) is 207 Å². The molecule has 0 aromatic rings. The van der Waals surface area contributed by atoms with Crippen molar-refractivity contribution in [3.05, 3.63) is 0 Å². The van der Waals surface area contributed by atoms with Crippen molar-refractivity contribution >= 4 is 46.9 Å². The fraction of sp³-hybridized carbons (Fsp3) is 1.00. The third-order valence-corrected chi connectivity index (χ3v) is 10.7. The molecule has 0 aromatic heterocycles. The van der Waals surface area contributed by atoms with E-state index in [1.807, 2.05) is 0 Å². The molecule has 0 radical (unpaired) electrons. The summed E-state index contributed by atoms with van der Waals surface area (Å²) in [7, 11) is -35.5. The van der Waals surface area contributed by atoms with Gasteiger partial charge >= 0.3 is 207 Å². The summed E-state index contributed by atoms with van der Waals surface area (Å²) in [5.41, 5.74) is 0. The molecule has 0 amide bonds. The maximum absolute atomic E-state index is 12.0. The predicted octanol–water partition coefficient (Wildman–Crippen LogP) is -25.2. The van der Waals surface area contributed by atoms with Gasteiger partial charge in [0.1, 0.15) is 36.6 Å². The van der Waals surface area contributed by atoms with Gasteiger partial charge in [-0.15, -0.1) is 0 Å². The van der Waals surface area contributed by atoms with Gasteiger partial charge in [-0.05, 0) is 0 Å². The normalized spacial score (nSPS) is 43.4. The second kappa shape index (κ2) is 22.2. The summed E-state index contributed by atoms with van der Waals surface area (Å²) in [5.74, 6) is 0. The van der Waals surface area contributed by atoms with Crippen molar-refractivity contribution in [2.24, 2.45) is 0 Å². The number of hydrogen-bond acceptors (Lipinski definition) is 21. The van der Waals surface area contributed by atoms with Gasteiger partial charge < -0.3 is 65.9 Å². The van der Waals surface area contributed by atoms with Gasteiger partial charge in [0.15, 0.2) is 0 Å². The molecule has 12 unspecified atom stereocenters. The molecule has 1 N–H and O–H groups in total. The largest absolute Gasteiger partial charge is 1.00 e. The number of phosphoric acid groups is 6. The molecule has 3 rings (SSSR count). The third-order valence-electron chi connectivity index (χ3n) is 4.08. The second-order valence-corrected chi connectivity index (χ2v) is 14.8. The van der Waals surface area contributed by atoms with Crippen LogP contribution in [0, 0.1) is 0 Å². The van der Waals surface area contributed by atoms with Crippen LogP contribution in [0.4, 0.5) is 0 Å². The first-order valence-corrected chi connectivity index (χ1v) is 17.0. The van der Waals surface area contributed by atoms with Gasteiger partial charge in [-0.3, -0.25) is 27.4 Å². The zero-order chi connectivity index (χ0) is 26.8. The molecule has 2 aliphatic heterocycles. The van der Waals surface area contributed by atoms with Gasteiger partial charge in [0.05, 0.1) is 0 Å². The van der Waals surface area contributed by atoms with Crippen LogP contribution in [0.3, 0.4) is 0 Å². The molecule has 0 aromatic carbocycles. The molecule has 1 aliphatic carbocycles. The molecule has 42 heavy (non-hydrogen) atoms. The van der Waals surface area contributed by atoms with Crippen molar-refractivity contribution in [2.45, 2.75) is 36.6 Å². The van der Waals surface area contributed by atoms with E-state index in [0.717, 1.165) is 0 Å². The van der Waals surface area contributed by atoms with Crippen LogP contribution < -0.4 is 236 Å². The Labute approximate surface area is 392 Å². The Morgan fingerprint density at radius 3 is 1.12 bits per heavy atom. The summed E-state index contributed by atoms with van der Waals surface area (Å²) in [6.45, 7) is 0. The van der Waals surface area contributed by atoms with Gasteiger partial charge in [0.2, 0.25) is 0 Å². The molecule has 2 heterocycles. The van der Waals surface area contributed by atoms with E-state index < -0.39 is 83.6 Å². The van der Waals surface area contributed by atoms with Crippen LogP contribution in [0.5, 0.6) is 0 Å². The van der Waals surface area contributed by atoms with Crippen molar-refractivity contribution < 1.29 is 309 Å². The molecule has 3 aliphatic rings. The zero-order valence-corrected chi connectivity index (χ0v) is 42.5. The Bertz CT molecular complexity index is 1150. The van der Waals surface area contributed by atoms with Crippen molar-refractivity contribution in [1.82, 2.24) is 0 Å². The molecule has 206 valence electrons. The van der Waals surface area contributed by atoms with Crippen molar-refractivity contribution in [3.63, 3.8) is 0 Å². The molecule has 35 heteroatoms. The molecular weight excluding hydrogens is 783 g/mol. The van der Waals surface area contributed by atoms with Crippen LogP contribution in [0.15, 0.2) is 0 Å². The summed E-state index contributed by atoms with van der Waals surface area (Å²) in [5, 5.41) is 0. The van der Waals surface area contributed by atoms with Crippen LogP contribution in [-0.4, -0.2) is 48.6 Å². The molecule has 1 saturated carbocycles. The molecule has 0 spiro atoms. The number of fused-ring (bicyclic) bond motifs is 3. The number of hydrogen-bond donors (Lipinski definition) is 1. The van der Waals surface area contributed by atoms with Gasteiger partial charge in [-0.1, -0.05) is 0 Å². The standard InChI is InChI=1S/C7H16O22P6.7Na/c1-21-31(11,12)23-3-2(22-30(8,9)10)4-6(26-34(17,18)28-32(13,14)24-4)7-5(3)25-33(15,16)29-35(19,20)27-7;;;;;;;/h2-7H,1H3,(H,11,12)(H,13,14)(H,15,16)(H,17,18)(H,19,20)(H2,8,9,10);;;;;;;/q;7*+1/p-6. The van der Waals surface area contributed by atoms with E-state index in [2.05, 4.69) is 40.3 Å². The van der Waals surface area contributed by atoms with Crippen LogP contribution in [0.2, 0.25) is 0 Å². The Morgan fingerprint density at radius 2 is 0.857 bits per heavy atom. The molecule has 22 nitrogen and oxygen atoms in total. The van der Waals surface area contributed by atoms with Gasteiger partial charge in [-0.2, -0.15) is 0 Å². The van der Waals surface area contributed by atoms with E-state index in [0.29, 0.717) is 7.11 Å². The average molecular weight is 793 g/mol. The molecule has 0 bridgehead atoms. The van der Waals surface area contributed by atoms with E-state index >= 15 is 0 Å². The first kappa shape index (κ1) is 59.0. The summed E-state index contributed by atoms with van der Waals surface area (Å²) in [6.07, 6.45) is -16.8. The zero-order valence-electron chi connectivity index (χ0n) is 23.2. The minimum absolute atomic E-state index is 0. The minimum Gasteiger partial charge on any atom is -0.756 e. The fourth-order valence-corrected chi connectivity index (χ4v) is 9.00. The second-order valence-electron chi connectivity index (χ2n) is 6.47. The molecular formula is C7H10Na7O22P6+. The SMILES string of the molecule is COP(=O)([O-])OC1C(OP(=O)([O-])O)C2OP(=O)([O-])OP(=O)([O-])OC2C2OP(=O)([O-])OP(=O)([O-])OC12.[Na+].[Na+].[Na+].[Na+].[Na+].[Na+].[Na+]. The Balaban J connectivity index is -0.000000652. The summed E-state index contributed by atoms with van der Waals surface area (Å²) >= 11 is 0. The third kappa shape index (κ3) is 17.7. The van der Waals surface area contributed by atoms with E-state index in [9.17, 15) is 56.8 Å². The maximum atomic E-state index is 12.0. The van der Waals surface area contributed by atoms with Crippen molar-refractivity contribution in [1.29, 1.82) is 0 Å². The molecule has 12 atom stereocenters. The average Bonchev–Trinajstić information content (AvgIpc) is 2.76. The summed E-state index contributed by atoms with van der Waals surface area (Å²) in [6, 6.07) is 0. The quantitative estimate of drug-likeness (QED) is 0.199. The predicted molar refractivity (Wildman–Crippen MR) is 86.3 cm³/mol. The van der Waals surface area contributed by atoms with Crippen LogP contribution >= 0.6 is 46.9 Å². The first-order valence-electron chi connectivity index (χ1n) is 8.22. The minimum atomic E-state index is -6.08. The van der Waals surface area contributed by atoms with Crippen molar-refractivity contribution in [3.8, 4) is 0 Å². The topological polar surface area (TPSA) is 344 Å². The van der Waals surface area contributed by atoms with Crippen LogP contribution in [0.1, 0.15) is 0 Å². The van der Waals surface area contributed by atoms with E-state index in [1.165, 1.54) is 0 Å². The number of phosphoric ester groups is 6. The summed E-state index contributed by atoms with van der Waals surface area (Å²) in [4.78, 5) is 80.2. The van der Waals surface area contributed by atoms with Gasteiger partial charge in [-0.25, -0.2) is 8.62 Å². The molecule has 2 saturated heterocycles. The fourth-order valence-electron chi connectivity index (χ4n) is 3.11. The first-order chi connectivity index (χ1) is 15.5. The molecule has 3 fully saturated rings. The Kier molecular flexibility index (Phi) is 31.2. The van der Waals surface area contributed by atoms with Gasteiger partial charge in [0, 0.05) is 7.11 Å². The smallest absolute Gasteiger partial charge is 0.756 e. The van der Waals surface area contributed by atoms with Crippen LogP contribution in [0.25, 0.3) is 0 Å². The van der Waals surface area contributed by atoms with E-state index in [1.54, 1.807) is 0 Å². The maximum Gasteiger partial charge on any atom is 1.00 e.